The van der Waals surface area contributed by atoms with Gasteiger partial charge < -0.3 is 19.5 Å². The van der Waals surface area contributed by atoms with Gasteiger partial charge in [0.15, 0.2) is 0 Å². The number of halogens is 1. The lowest BCUT2D eigenvalue weighted by Gasteiger charge is -2.39. The Bertz CT molecular complexity index is 1710. The van der Waals surface area contributed by atoms with Gasteiger partial charge in [0.25, 0.3) is 5.56 Å². The summed E-state index contributed by atoms with van der Waals surface area (Å²) < 4.78 is 28.5. The minimum atomic E-state index is -0.983. The highest BCUT2D eigenvalue weighted by molar-refractivity contribution is 7.21. The molecule has 0 spiro atoms. The van der Waals surface area contributed by atoms with Crippen LogP contribution in [-0.2, 0) is 21.6 Å². The second-order valence-electron chi connectivity index (χ2n) is 10.3. The number of carbonyl (C=O) groups is 1. The normalized spacial score (nSPS) is 18.3. The first-order chi connectivity index (χ1) is 19.6. The molecule has 41 heavy (non-hydrogen) atoms. The molecule has 1 saturated heterocycles. The number of nitrogens with zero attached hydrogens (tertiary/aromatic N) is 6. The van der Waals surface area contributed by atoms with Crippen molar-refractivity contribution in [2.24, 2.45) is 0 Å². The summed E-state index contributed by atoms with van der Waals surface area (Å²) in [7, 11) is 3.09. The van der Waals surface area contributed by atoms with Crippen molar-refractivity contribution in [1.82, 2.24) is 29.0 Å². The molecule has 3 aromatic heterocycles. The largest absolute Gasteiger partial charge is 0.496 e. The molecule has 14 heteroatoms. The van der Waals surface area contributed by atoms with Gasteiger partial charge in [-0.05, 0) is 38.5 Å². The highest BCUT2D eigenvalue weighted by Crippen LogP contribution is 2.35. The Morgan fingerprint density at radius 1 is 1.22 bits per heavy atom. The van der Waals surface area contributed by atoms with Crippen LogP contribution in [0.25, 0.3) is 15.2 Å². The first kappa shape index (κ1) is 28.6. The summed E-state index contributed by atoms with van der Waals surface area (Å²) in [5.41, 5.74) is -1.12. The summed E-state index contributed by atoms with van der Waals surface area (Å²) >= 11 is 1.18. The molecule has 12 nitrogen and oxygen atoms in total. The molecule has 0 radical (unpaired) electrons. The van der Waals surface area contributed by atoms with E-state index in [1.54, 1.807) is 20.9 Å². The molecule has 4 heterocycles. The van der Waals surface area contributed by atoms with Crippen LogP contribution in [0, 0.1) is 12.7 Å². The van der Waals surface area contributed by atoms with E-state index in [1.165, 1.54) is 67.9 Å². The van der Waals surface area contributed by atoms with Gasteiger partial charge in [0.2, 0.25) is 5.91 Å². The zero-order chi connectivity index (χ0) is 29.5. The molecule has 4 aromatic rings. The van der Waals surface area contributed by atoms with Crippen LogP contribution < -0.4 is 16.0 Å². The third-order valence-electron chi connectivity index (χ3n) is 7.51. The first-order valence-electron chi connectivity index (χ1n) is 13.1. The summed E-state index contributed by atoms with van der Waals surface area (Å²) in [5, 5.41) is 18.8. The third-order valence-corrected chi connectivity index (χ3v) is 8.79. The van der Waals surface area contributed by atoms with Crippen LogP contribution >= 0.6 is 11.3 Å². The Morgan fingerprint density at radius 3 is 2.61 bits per heavy atom. The van der Waals surface area contributed by atoms with Gasteiger partial charge in [-0.2, -0.15) is 10.2 Å². The molecule has 1 N–H and O–H groups in total. The van der Waals surface area contributed by atoms with E-state index in [0.29, 0.717) is 38.5 Å². The van der Waals surface area contributed by atoms with Crippen molar-refractivity contribution in [3.63, 3.8) is 0 Å². The number of rotatable bonds is 9. The van der Waals surface area contributed by atoms with Crippen molar-refractivity contribution in [2.75, 3.05) is 33.9 Å². The van der Waals surface area contributed by atoms with Crippen molar-refractivity contribution < 1.29 is 23.8 Å². The van der Waals surface area contributed by atoms with Crippen molar-refractivity contribution in [3.05, 3.63) is 68.4 Å². The number of likely N-dealkylation sites (tertiary alicyclic amines) is 1. The zero-order valence-electron chi connectivity index (χ0n) is 23.2. The molecular formula is C27H31FN6O6S. The number of aryl methyl sites for hydroxylation is 1. The van der Waals surface area contributed by atoms with Crippen LogP contribution in [0.5, 0.6) is 5.75 Å². The van der Waals surface area contributed by atoms with Gasteiger partial charge >= 0.3 is 5.69 Å². The topological polar surface area (TPSA) is 134 Å². The summed E-state index contributed by atoms with van der Waals surface area (Å²) in [5.74, 6) is -0.247. The van der Waals surface area contributed by atoms with Crippen LogP contribution in [0.15, 0.2) is 40.2 Å². The average Bonchev–Trinajstić information content (AvgIpc) is 3.59. The predicted molar refractivity (Wildman–Crippen MR) is 149 cm³/mol. The number of fused-ring (bicyclic) bond motifs is 1. The van der Waals surface area contributed by atoms with Gasteiger partial charge in [-0.1, -0.05) is 11.3 Å². The van der Waals surface area contributed by atoms with Crippen LogP contribution in [0.3, 0.4) is 0 Å². The number of amides is 1. The Balaban J connectivity index is 1.78. The fourth-order valence-corrected chi connectivity index (χ4v) is 6.69. The number of aliphatic hydroxyl groups is 1. The maximum Gasteiger partial charge on any atom is 0.332 e. The maximum absolute atomic E-state index is 14.4. The highest BCUT2D eigenvalue weighted by Gasteiger charge is 2.39. The minimum absolute atomic E-state index is 0.0636. The van der Waals surface area contributed by atoms with Gasteiger partial charge in [0.1, 0.15) is 27.5 Å². The number of piperidine rings is 1. The van der Waals surface area contributed by atoms with Gasteiger partial charge in [0.05, 0.1) is 50.2 Å². The van der Waals surface area contributed by atoms with Gasteiger partial charge in [0, 0.05) is 31.1 Å². The fraction of sp³-hybridized carbons (Fsp3) is 0.444. The molecule has 1 aliphatic rings. The molecular weight excluding hydrogens is 555 g/mol. The number of hydrogen-bond donors (Lipinski definition) is 1. The lowest BCUT2D eigenvalue weighted by Crippen LogP contribution is -2.57. The Kier molecular flexibility index (Phi) is 7.81. The van der Waals surface area contributed by atoms with Crippen molar-refractivity contribution in [3.8, 4) is 10.8 Å². The number of aliphatic hydroxyl groups excluding tert-OH is 1. The van der Waals surface area contributed by atoms with Crippen LogP contribution in [0.4, 0.5) is 4.39 Å². The molecule has 2 atom stereocenters. The quantitative estimate of drug-likeness (QED) is 0.315. The van der Waals surface area contributed by atoms with Crippen LogP contribution in [-0.4, -0.2) is 74.0 Å². The molecule has 0 saturated carbocycles. The smallest absolute Gasteiger partial charge is 0.332 e. The molecule has 1 aliphatic heterocycles. The molecule has 1 amide bonds. The lowest BCUT2D eigenvalue weighted by atomic mass is 9.90. The number of hydrogen-bond acceptors (Lipinski definition) is 9. The summed E-state index contributed by atoms with van der Waals surface area (Å²) in [4.78, 5) is 44.1. The molecule has 1 aromatic carbocycles. The Hall–Kier alpha value is -3.88. The molecule has 1 fully saturated rings. The second-order valence-corrected chi connectivity index (χ2v) is 11.3. The maximum atomic E-state index is 14.4. The van der Waals surface area contributed by atoms with Gasteiger partial charge in [-0.15, -0.1) is 4.80 Å². The SMILES string of the molecule is COc1ccc(F)cc1C(Cn1c(=O)n(C2(C)CCC(=O)N(C)C2)c(=O)c2c(C)c(-n3nccn3)sc21)OCCO. The van der Waals surface area contributed by atoms with Crippen LogP contribution in [0.1, 0.15) is 37.0 Å². The lowest BCUT2D eigenvalue weighted by molar-refractivity contribution is -0.135. The number of likely N-dealkylation sites (N-methyl/N-ethyl adjacent to an activating group) is 1. The average molecular weight is 587 g/mol. The Labute approximate surface area is 238 Å². The standard InChI is InChI=1S/C27H31FN6O6S/c1-16-22-23(37)33(27(2)8-7-21(36)31(3)15-27)26(38)32(25(22)41-24(16)34-29-9-10-30-34)14-20(40-12-11-35)18-13-17(28)5-6-19(18)39-4/h5-6,9-10,13,20,35H,7-8,11-12,14-15H2,1-4H3. The highest BCUT2D eigenvalue weighted by atomic mass is 32.1. The fourth-order valence-electron chi connectivity index (χ4n) is 5.47. The van der Waals surface area contributed by atoms with E-state index in [-0.39, 0.29) is 38.6 Å². The van der Waals surface area contributed by atoms with E-state index < -0.39 is 28.7 Å². The Morgan fingerprint density at radius 2 is 1.95 bits per heavy atom. The number of carbonyl (C=O) groups excluding carboxylic acids is 1. The van der Waals surface area contributed by atoms with Gasteiger partial charge in [-0.3, -0.25) is 18.7 Å². The second kappa shape index (κ2) is 11.2. The van der Waals surface area contributed by atoms with Crippen LogP contribution in [0.2, 0.25) is 0 Å². The van der Waals surface area contributed by atoms with E-state index in [2.05, 4.69) is 10.2 Å². The third kappa shape index (κ3) is 5.06. The predicted octanol–water partition coefficient (Wildman–Crippen LogP) is 1.98. The number of methoxy groups -OCH3 is 1. The zero-order valence-corrected chi connectivity index (χ0v) is 24.0. The number of aromatic nitrogens is 5. The molecule has 0 aliphatic carbocycles. The van der Waals surface area contributed by atoms with Gasteiger partial charge in [-0.25, -0.2) is 9.18 Å². The minimum Gasteiger partial charge on any atom is -0.496 e. The van der Waals surface area contributed by atoms with E-state index in [4.69, 9.17) is 9.47 Å². The monoisotopic (exact) mass is 586 g/mol. The van der Waals surface area contributed by atoms with E-state index in [1.807, 2.05) is 0 Å². The molecule has 0 bridgehead atoms. The number of ether oxygens (including phenoxy) is 2. The first-order valence-corrected chi connectivity index (χ1v) is 13.9. The summed E-state index contributed by atoms with van der Waals surface area (Å²) in [6.45, 7) is 3.23. The molecule has 5 rings (SSSR count). The number of benzene rings is 1. The van der Waals surface area contributed by atoms with E-state index in [0.717, 1.165) is 0 Å². The summed E-state index contributed by atoms with van der Waals surface area (Å²) in [6.07, 6.45) is 2.59. The van der Waals surface area contributed by atoms with Crippen molar-refractivity contribution in [1.29, 1.82) is 0 Å². The van der Waals surface area contributed by atoms with E-state index in [9.17, 15) is 23.9 Å². The number of thiophene rings is 1. The molecule has 2 unspecified atom stereocenters. The van der Waals surface area contributed by atoms with Crippen molar-refractivity contribution >= 4 is 27.5 Å². The molecule has 218 valence electrons. The van der Waals surface area contributed by atoms with Crippen molar-refractivity contribution in [2.45, 2.75) is 44.9 Å². The van der Waals surface area contributed by atoms with E-state index >= 15 is 0 Å². The summed E-state index contributed by atoms with van der Waals surface area (Å²) in [6, 6.07) is 3.98.